The van der Waals surface area contributed by atoms with Crippen LogP contribution in [0.25, 0.3) is 5.95 Å². The lowest BCUT2D eigenvalue weighted by Gasteiger charge is -2.13. The summed E-state index contributed by atoms with van der Waals surface area (Å²) >= 11 is 5.92. The number of nitrogens with one attached hydrogen (secondary N) is 1. The highest BCUT2D eigenvalue weighted by Crippen LogP contribution is 2.48. The molecule has 19 heavy (non-hydrogen) atoms. The van der Waals surface area contributed by atoms with E-state index in [-0.39, 0.29) is 5.28 Å². The maximum Gasteiger partial charge on any atom is 0.256 e. The molecule has 0 unspecified atom stereocenters. The van der Waals surface area contributed by atoms with Crippen molar-refractivity contribution < 1.29 is 0 Å². The van der Waals surface area contributed by atoms with Gasteiger partial charge in [0, 0.05) is 18.9 Å². The van der Waals surface area contributed by atoms with Crippen LogP contribution in [-0.4, -0.2) is 31.3 Å². The molecular formula is C12H15ClN6. The Morgan fingerprint density at radius 1 is 1.37 bits per heavy atom. The molecule has 0 bridgehead atoms. The molecule has 1 aliphatic rings. The number of hydrogen-bond acceptors (Lipinski definition) is 5. The Morgan fingerprint density at radius 2 is 2.21 bits per heavy atom. The highest BCUT2D eigenvalue weighted by molar-refractivity contribution is 6.28. The number of halogens is 1. The first-order valence-corrected chi connectivity index (χ1v) is 6.74. The highest BCUT2D eigenvalue weighted by Gasteiger charge is 2.40. The number of rotatable bonds is 5. The van der Waals surface area contributed by atoms with Crippen LogP contribution in [0.3, 0.4) is 0 Å². The Bertz CT molecular complexity index is 564. The van der Waals surface area contributed by atoms with Crippen molar-refractivity contribution in [1.82, 2.24) is 24.7 Å². The number of hydrogen-bond donors (Lipinski definition) is 1. The molecule has 100 valence electrons. The van der Waals surface area contributed by atoms with Gasteiger partial charge in [-0.1, -0.05) is 6.92 Å². The van der Waals surface area contributed by atoms with Crippen LogP contribution < -0.4 is 5.32 Å². The average molecular weight is 279 g/mol. The summed E-state index contributed by atoms with van der Waals surface area (Å²) in [5.41, 5.74) is 0.422. The number of nitrogens with zero attached hydrogens (tertiary/aromatic N) is 5. The molecule has 1 saturated carbocycles. The quantitative estimate of drug-likeness (QED) is 0.909. The fourth-order valence-corrected chi connectivity index (χ4v) is 2.16. The Kier molecular flexibility index (Phi) is 3.10. The van der Waals surface area contributed by atoms with Crippen molar-refractivity contribution >= 4 is 17.5 Å². The highest BCUT2D eigenvalue weighted by atomic mass is 35.5. The smallest absolute Gasteiger partial charge is 0.256 e. The van der Waals surface area contributed by atoms with Crippen molar-refractivity contribution in [2.24, 2.45) is 5.41 Å². The summed E-state index contributed by atoms with van der Waals surface area (Å²) in [7, 11) is 0. The summed E-state index contributed by atoms with van der Waals surface area (Å²) in [6.45, 7) is 3.09. The van der Waals surface area contributed by atoms with E-state index < -0.39 is 0 Å². The molecule has 0 atom stereocenters. The molecule has 2 aromatic rings. The van der Waals surface area contributed by atoms with Gasteiger partial charge in [-0.25, -0.2) is 4.68 Å². The molecule has 1 aliphatic carbocycles. The molecule has 0 spiro atoms. The zero-order valence-electron chi connectivity index (χ0n) is 10.7. The molecule has 7 heteroatoms. The van der Waals surface area contributed by atoms with Crippen LogP contribution in [0.4, 0.5) is 5.95 Å². The molecule has 6 nitrogen and oxygen atoms in total. The fourth-order valence-electron chi connectivity index (χ4n) is 2.01. The lowest BCUT2D eigenvalue weighted by Crippen LogP contribution is -2.17. The minimum absolute atomic E-state index is 0.171. The summed E-state index contributed by atoms with van der Waals surface area (Å²) in [4.78, 5) is 12.5. The molecule has 3 rings (SSSR count). The normalized spacial score (nSPS) is 16.3. The van der Waals surface area contributed by atoms with Gasteiger partial charge < -0.3 is 5.32 Å². The third-order valence-electron chi connectivity index (χ3n) is 3.63. The summed E-state index contributed by atoms with van der Waals surface area (Å²) in [5.74, 6) is 0.930. The van der Waals surface area contributed by atoms with E-state index in [0.717, 1.165) is 6.54 Å². The second kappa shape index (κ2) is 4.77. The second-order valence-electron chi connectivity index (χ2n) is 4.89. The van der Waals surface area contributed by atoms with E-state index in [4.69, 9.17) is 11.6 Å². The largest absolute Gasteiger partial charge is 0.353 e. The maximum atomic E-state index is 5.92. The zero-order chi connectivity index (χ0) is 13.3. The lowest BCUT2D eigenvalue weighted by molar-refractivity contribution is 0.519. The molecule has 0 aromatic carbocycles. The molecule has 0 amide bonds. The van der Waals surface area contributed by atoms with Gasteiger partial charge in [-0.15, -0.1) is 0 Å². The van der Waals surface area contributed by atoms with E-state index >= 15 is 0 Å². The molecule has 0 saturated heterocycles. The Hall–Kier alpha value is -1.69. The van der Waals surface area contributed by atoms with Crippen LogP contribution in [0.15, 0.2) is 18.5 Å². The number of anilines is 1. The molecule has 1 N–H and O–H groups in total. The third kappa shape index (κ3) is 2.68. The van der Waals surface area contributed by atoms with Gasteiger partial charge in [-0.2, -0.15) is 20.1 Å². The van der Waals surface area contributed by atoms with E-state index in [1.807, 2.05) is 0 Å². The molecule has 0 aliphatic heterocycles. The molecule has 1 fully saturated rings. The van der Waals surface area contributed by atoms with Gasteiger partial charge in [0.05, 0.1) is 0 Å². The minimum Gasteiger partial charge on any atom is -0.353 e. The Morgan fingerprint density at radius 3 is 2.84 bits per heavy atom. The first-order chi connectivity index (χ1) is 9.21. The van der Waals surface area contributed by atoms with E-state index in [9.17, 15) is 0 Å². The van der Waals surface area contributed by atoms with Gasteiger partial charge in [0.25, 0.3) is 5.95 Å². The second-order valence-corrected chi connectivity index (χ2v) is 5.22. The molecule has 2 aromatic heterocycles. The van der Waals surface area contributed by atoms with Crippen LogP contribution in [0.1, 0.15) is 26.2 Å². The summed E-state index contributed by atoms with van der Waals surface area (Å²) in [5, 5.41) is 7.51. The Balaban J connectivity index is 1.78. The van der Waals surface area contributed by atoms with Crippen LogP contribution >= 0.6 is 11.6 Å². The Labute approximate surface area is 116 Å². The van der Waals surface area contributed by atoms with E-state index in [1.54, 1.807) is 23.1 Å². The van der Waals surface area contributed by atoms with Gasteiger partial charge in [0.15, 0.2) is 0 Å². The summed E-state index contributed by atoms with van der Waals surface area (Å²) in [6, 6.07) is 1.81. The summed E-state index contributed by atoms with van der Waals surface area (Å²) < 4.78 is 1.56. The van der Waals surface area contributed by atoms with Crippen molar-refractivity contribution in [2.45, 2.75) is 26.2 Å². The van der Waals surface area contributed by atoms with Crippen LogP contribution in [0.5, 0.6) is 0 Å². The first-order valence-electron chi connectivity index (χ1n) is 6.36. The van der Waals surface area contributed by atoms with Gasteiger partial charge in [0.1, 0.15) is 0 Å². The van der Waals surface area contributed by atoms with Crippen molar-refractivity contribution in [1.29, 1.82) is 0 Å². The van der Waals surface area contributed by atoms with Gasteiger partial charge >= 0.3 is 0 Å². The van der Waals surface area contributed by atoms with Crippen LogP contribution in [0.2, 0.25) is 5.28 Å². The monoisotopic (exact) mass is 278 g/mol. The van der Waals surface area contributed by atoms with E-state index in [1.165, 1.54) is 19.3 Å². The molecule has 2 heterocycles. The number of aromatic nitrogens is 5. The van der Waals surface area contributed by atoms with E-state index in [2.05, 4.69) is 32.3 Å². The van der Waals surface area contributed by atoms with Crippen molar-refractivity contribution in [2.75, 3.05) is 11.9 Å². The molecular weight excluding hydrogens is 264 g/mol. The van der Waals surface area contributed by atoms with Crippen molar-refractivity contribution in [3.63, 3.8) is 0 Å². The predicted octanol–water partition coefficient (Wildman–Crippen LogP) is 2.31. The van der Waals surface area contributed by atoms with Gasteiger partial charge in [-0.3, -0.25) is 0 Å². The molecule has 0 radical (unpaired) electrons. The third-order valence-corrected chi connectivity index (χ3v) is 3.80. The lowest BCUT2D eigenvalue weighted by atomic mass is 10.0. The van der Waals surface area contributed by atoms with Crippen LogP contribution in [-0.2, 0) is 0 Å². The predicted molar refractivity (Wildman–Crippen MR) is 72.4 cm³/mol. The van der Waals surface area contributed by atoms with Gasteiger partial charge in [0.2, 0.25) is 11.2 Å². The minimum atomic E-state index is 0.171. The van der Waals surface area contributed by atoms with Crippen molar-refractivity contribution in [3.05, 3.63) is 23.7 Å². The maximum absolute atomic E-state index is 5.92. The average Bonchev–Trinajstić information content (AvgIpc) is 2.98. The topological polar surface area (TPSA) is 68.5 Å². The van der Waals surface area contributed by atoms with Crippen molar-refractivity contribution in [3.8, 4) is 5.95 Å². The standard InChI is InChI=1S/C12H15ClN6/c1-2-12(4-5-12)8-14-10-16-9(13)17-11(18-10)19-7-3-6-15-19/h3,6-7H,2,4-5,8H2,1H3,(H,14,16,17,18). The SMILES string of the molecule is CCC1(CNc2nc(Cl)nc(-n3cccn3)n2)CC1. The first kappa shape index (κ1) is 12.3. The summed E-state index contributed by atoms with van der Waals surface area (Å²) in [6.07, 6.45) is 7.14. The zero-order valence-corrected chi connectivity index (χ0v) is 11.4. The van der Waals surface area contributed by atoms with E-state index in [0.29, 0.717) is 17.3 Å². The fraction of sp³-hybridized carbons (Fsp3) is 0.500. The van der Waals surface area contributed by atoms with Crippen LogP contribution in [0, 0.1) is 5.41 Å². The van der Waals surface area contributed by atoms with Gasteiger partial charge in [-0.05, 0) is 42.3 Å².